The third kappa shape index (κ3) is 3.20. The van der Waals surface area contributed by atoms with Gasteiger partial charge in [0.2, 0.25) is 0 Å². The van der Waals surface area contributed by atoms with Crippen LogP contribution in [-0.2, 0) is 10.8 Å². The highest BCUT2D eigenvalue weighted by Gasteiger charge is 2.16. The lowest BCUT2D eigenvalue weighted by molar-refractivity contribution is 0.329. The van der Waals surface area contributed by atoms with Gasteiger partial charge in [-0.3, -0.25) is 0 Å². The summed E-state index contributed by atoms with van der Waals surface area (Å²) in [5.41, 5.74) is 0. The second-order valence-electron chi connectivity index (χ2n) is 4.03. The van der Waals surface area contributed by atoms with Crippen molar-refractivity contribution < 1.29 is 13.7 Å². The van der Waals surface area contributed by atoms with Gasteiger partial charge in [0, 0.05) is 0 Å². The van der Waals surface area contributed by atoms with E-state index < -0.39 is 10.8 Å². The second-order valence-corrected chi connectivity index (χ2v) is 5.45. The molecule has 0 bridgehead atoms. The zero-order valence-electron chi connectivity index (χ0n) is 11.7. The fourth-order valence-corrected chi connectivity index (χ4v) is 3.14. The molecule has 0 aromatic heterocycles. The van der Waals surface area contributed by atoms with Crippen LogP contribution in [0.1, 0.15) is 13.8 Å². The first-order chi connectivity index (χ1) is 9.77. The van der Waals surface area contributed by atoms with E-state index in [1.807, 2.05) is 62.4 Å². The molecule has 20 heavy (non-hydrogen) atoms. The van der Waals surface area contributed by atoms with Crippen LogP contribution < -0.4 is 9.47 Å². The maximum atomic E-state index is 12.8. The van der Waals surface area contributed by atoms with Gasteiger partial charge in [0.1, 0.15) is 11.5 Å². The third-order valence-corrected chi connectivity index (χ3v) is 4.17. The topological polar surface area (TPSA) is 35.5 Å². The van der Waals surface area contributed by atoms with Gasteiger partial charge in [-0.25, -0.2) is 4.21 Å². The fourth-order valence-electron chi connectivity index (χ4n) is 1.87. The van der Waals surface area contributed by atoms with Crippen LogP contribution in [0.2, 0.25) is 0 Å². The van der Waals surface area contributed by atoms with Crippen LogP contribution in [0.15, 0.2) is 58.3 Å². The van der Waals surface area contributed by atoms with Crippen molar-refractivity contribution in [3.05, 3.63) is 48.5 Å². The molecule has 0 amide bonds. The summed E-state index contributed by atoms with van der Waals surface area (Å²) in [4.78, 5) is 1.34. The van der Waals surface area contributed by atoms with Crippen LogP contribution in [0.25, 0.3) is 0 Å². The molecular weight excluding hydrogens is 272 g/mol. The molecule has 2 aromatic carbocycles. The van der Waals surface area contributed by atoms with E-state index in [0.717, 1.165) is 0 Å². The lowest BCUT2D eigenvalue weighted by Crippen LogP contribution is -2.02. The summed E-state index contributed by atoms with van der Waals surface area (Å²) >= 11 is 0. The molecule has 0 aliphatic heterocycles. The molecule has 2 rings (SSSR count). The fraction of sp³-hybridized carbons (Fsp3) is 0.250. The molecule has 0 N–H and O–H groups in total. The zero-order valence-corrected chi connectivity index (χ0v) is 12.5. The number of hydrogen-bond donors (Lipinski definition) is 0. The van der Waals surface area contributed by atoms with Crippen LogP contribution in [0.5, 0.6) is 11.5 Å². The zero-order chi connectivity index (χ0) is 14.4. The average Bonchev–Trinajstić information content (AvgIpc) is 2.48. The standard InChI is InChI=1S/C16H18O3S/c1-3-18-13-9-5-7-11-15(13)20(17)16-12-8-6-10-14(16)19-4-2/h5-12H,3-4H2,1-2H3. The summed E-state index contributed by atoms with van der Waals surface area (Å²) < 4.78 is 23.9. The van der Waals surface area contributed by atoms with E-state index in [-0.39, 0.29) is 0 Å². The molecule has 0 spiro atoms. The van der Waals surface area contributed by atoms with Gasteiger partial charge in [-0.05, 0) is 38.1 Å². The Kier molecular flexibility index (Phi) is 5.18. The predicted octanol–water partition coefficient (Wildman–Crippen LogP) is 3.65. The van der Waals surface area contributed by atoms with E-state index >= 15 is 0 Å². The molecule has 3 nitrogen and oxygen atoms in total. The number of hydrogen-bond acceptors (Lipinski definition) is 3. The van der Waals surface area contributed by atoms with Gasteiger partial charge < -0.3 is 9.47 Å². The van der Waals surface area contributed by atoms with Crippen molar-refractivity contribution >= 4 is 10.8 Å². The van der Waals surface area contributed by atoms with Crippen molar-refractivity contribution in [2.24, 2.45) is 0 Å². The summed E-state index contributed by atoms with van der Waals surface area (Å²) in [7, 11) is -1.32. The van der Waals surface area contributed by atoms with Crippen LogP contribution in [0.3, 0.4) is 0 Å². The highest BCUT2D eigenvalue weighted by Crippen LogP contribution is 2.31. The van der Waals surface area contributed by atoms with Crippen LogP contribution >= 0.6 is 0 Å². The molecule has 0 unspecified atom stereocenters. The maximum absolute atomic E-state index is 12.8. The first-order valence-electron chi connectivity index (χ1n) is 6.63. The molecule has 0 fully saturated rings. The lowest BCUT2D eigenvalue weighted by atomic mass is 10.3. The minimum Gasteiger partial charge on any atom is -0.493 e. The van der Waals surface area contributed by atoms with Gasteiger partial charge in [-0.1, -0.05) is 24.3 Å². The largest absolute Gasteiger partial charge is 0.493 e. The summed E-state index contributed by atoms with van der Waals surface area (Å²) in [6.45, 7) is 4.91. The van der Waals surface area contributed by atoms with E-state index in [1.54, 1.807) is 0 Å². The Balaban J connectivity index is 2.41. The van der Waals surface area contributed by atoms with E-state index in [4.69, 9.17) is 9.47 Å². The normalized spacial score (nSPS) is 10.6. The monoisotopic (exact) mass is 290 g/mol. The summed E-state index contributed by atoms with van der Waals surface area (Å²) in [6, 6.07) is 14.8. The number of benzene rings is 2. The Morgan fingerprint density at radius 3 is 1.60 bits per heavy atom. The highest BCUT2D eigenvalue weighted by atomic mass is 32.2. The van der Waals surface area contributed by atoms with Crippen LogP contribution in [-0.4, -0.2) is 17.4 Å². The second kappa shape index (κ2) is 7.10. The van der Waals surface area contributed by atoms with Gasteiger partial charge in [0.15, 0.2) is 0 Å². The SMILES string of the molecule is CCOc1ccccc1S(=O)c1ccccc1OCC. The Bertz CT molecular complexity index is 544. The molecular formula is C16H18O3S. The van der Waals surface area contributed by atoms with Gasteiger partial charge in [-0.15, -0.1) is 0 Å². The van der Waals surface area contributed by atoms with Crippen LogP contribution in [0, 0.1) is 0 Å². The number of para-hydroxylation sites is 2. The van der Waals surface area contributed by atoms with Crippen molar-refractivity contribution in [1.82, 2.24) is 0 Å². The van der Waals surface area contributed by atoms with E-state index in [9.17, 15) is 4.21 Å². The third-order valence-electron chi connectivity index (χ3n) is 2.70. The van der Waals surface area contributed by atoms with E-state index in [2.05, 4.69) is 0 Å². The smallest absolute Gasteiger partial charge is 0.135 e. The van der Waals surface area contributed by atoms with Crippen molar-refractivity contribution in [2.75, 3.05) is 13.2 Å². The van der Waals surface area contributed by atoms with Gasteiger partial charge in [-0.2, -0.15) is 0 Å². The van der Waals surface area contributed by atoms with Gasteiger partial charge >= 0.3 is 0 Å². The van der Waals surface area contributed by atoms with Crippen molar-refractivity contribution in [2.45, 2.75) is 23.6 Å². The first-order valence-corrected chi connectivity index (χ1v) is 7.78. The first kappa shape index (κ1) is 14.6. The maximum Gasteiger partial charge on any atom is 0.135 e. The quantitative estimate of drug-likeness (QED) is 0.814. The summed E-state index contributed by atoms with van der Waals surface area (Å²) in [5, 5.41) is 0. The average molecular weight is 290 g/mol. The van der Waals surface area contributed by atoms with Crippen molar-refractivity contribution in [3.63, 3.8) is 0 Å². The number of rotatable bonds is 6. The van der Waals surface area contributed by atoms with E-state index in [1.165, 1.54) is 0 Å². The Labute approximate surface area is 122 Å². The van der Waals surface area contributed by atoms with E-state index in [0.29, 0.717) is 34.5 Å². The Hall–Kier alpha value is -1.81. The molecule has 0 saturated carbocycles. The molecule has 0 saturated heterocycles. The molecule has 0 radical (unpaired) electrons. The lowest BCUT2D eigenvalue weighted by Gasteiger charge is -2.12. The summed E-state index contributed by atoms with van der Waals surface area (Å²) in [6.07, 6.45) is 0. The minimum absolute atomic E-state index is 0.543. The summed E-state index contributed by atoms with van der Waals surface area (Å²) in [5.74, 6) is 1.30. The Morgan fingerprint density at radius 1 is 0.800 bits per heavy atom. The molecule has 0 heterocycles. The predicted molar refractivity (Wildman–Crippen MR) is 79.9 cm³/mol. The molecule has 0 atom stereocenters. The van der Waals surface area contributed by atoms with Crippen LogP contribution in [0.4, 0.5) is 0 Å². The molecule has 0 aliphatic carbocycles. The highest BCUT2D eigenvalue weighted by molar-refractivity contribution is 7.85. The molecule has 0 aliphatic rings. The molecule has 106 valence electrons. The number of ether oxygens (including phenoxy) is 2. The van der Waals surface area contributed by atoms with Crippen molar-refractivity contribution in [3.8, 4) is 11.5 Å². The van der Waals surface area contributed by atoms with Gasteiger partial charge in [0.25, 0.3) is 0 Å². The molecule has 4 heteroatoms. The molecule has 2 aromatic rings. The van der Waals surface area contributed by atoms with Gasteiger partial charge in [0.05, 0.1) is 33.8 Å². The Morgan fingerprint density at radius 2 is 1.20 bits per heavy atom. The minimum atomic E-state index is -1.32. The van der Waals surface area contributed by atoms with Crippen molar-refractivity contribution in [1.29, 1.82) is 0 Å².